The number of nitrogens with zero attached hydrogens (tertiary/aromatic N) is 3. The molecule has 1 unspecified atom stereocenters. The van der Waals surface area contributed by atoms with E-state index in [1.165, 1.54) is 10.6 Å². The molecule has 4 rings (SSSR count). The number of aliphatic hydroxyl groups is 1. The number of likely N-dealkylation sites (tertiary alicyclic amines) is 1. The van der Waals surface area contributed by atoms with Gasteiger partial charge >= 0.3 is 6.18 Å². The summed E-state index contributed by atoms with van der Waals surface area (Å²) in [7, 11) is 0. The number of carbonyl (C=O) groups excluding carboxylic acids is 1. The molecule has 1 fully saturated rings. The predicted molar refractivity (Wildman–Crippen MR) is 119 cm³/mol. The number of amides is 1. The van der Waals surface area contributed by atoms with E-state index in [4.69, 9.17) is 0 Å². The van der Waals surface area contributed by atoms with Gasteiger partial charge in [0, 0.05) is 19.6 Å². The van der Waals surface area contributed by atoms with Crippen molar-refractivity contribution in [2.24, 2.45) is 0 Å². The molecule has 0 saturated carbocycles. The van der Waals surface area contributed by atoms with Crippen molar-refractivity contribution in [3.05, 3.63) is 70.0 Å². The van der Waals surface area contributed by atoms with E-state index in [0.717, 1.165) is 23.9 Å². The number of aromatic nitrogens is 2. The van der Waals surface area contributed by atoms with Crippen LogP contribution in [0.1, 0.15) is 29.7 Å². The number of rotatable bonds is 5. The molecule has 1 aromatic heterocycles. The van der Waals surface area contributed by atoms with Gasteiger partial charge in [0.05, 0.1) is 22.6 Å². The van der Waals surface area contributed by atoms with Crippen LogP contribution in [0.3, 0.4) is 0 Å². The molecule has 2 aromatic carbocycles. The van der Waals surface area contributed by atoms with Crippen LogP contribution in [0.4, 0.5) is 13.2 Å². The van der Waals surface area contributed by atoms with Gasteiger partial charge in [0.25, 0.3) is 5.56 Å². The van der Waals surface area contributed by atoms with E-state index in [0.29, 0.717) is 18.5 Å². The topological polar surface area (TPSA) is 75.4 Å². The second kappa shape index (κ2) is 9.18. The molecular weight excluding hydrogens is 455 g/mol. The summed E-state index contributed by atoms with van der Waals surface area (Å²) >= 11 is 1.08. The molecule has 0 spiro atoms. The Balaban J connectivity index is 1.78. The minimum atomic E-state index is -4.57. The zero-order valence-corrected chi connectivity index (χ0v) is 18.6. The first-order chi connectivity index (χ1) is 15.7. The van der Waals surface area contributed by atoms with E-state index in [2.05, 4.69) is 4.98 Å². The second-order valence-corrected chi connectivity index (χ2v) is 8.88. The molecular formula is C23H22F3N3O3S. The summed E-state index contributed by atoms with van der Waals surface area (Å²) < 4.78 is 40.7. The quantitative estimate of drug-likeness (QED) is 0.446. The van der Waals surface area contributed by atoms with Gasteiger partial charge in [-0.15, -0.1) is 0 Å². The molecule has 0 radical (unpaired) electrons. The van der Waals surface area contributed by atoms with E-state index < -0.39 is 28.7 Å². The summed E-state index contributed by atoms with van der Waals surface area (Å²) in [6.07, 6.45) is -4.66. The maximum atomic E-state index is 13.4. The molecule has 10 heteroatoms. The molecule has 1 aliphatic heterocycles. The van der Waals surface area contributed by atoms with Gasteiger partial charge in [-0.25, -0.2) is 4.98 Å². The fourth-order valence-corrected chi connectivity index (χ4v) is 5.09. The first kappa shape index (κ1) is 23.3. The molecule has 6 nitrogen and oxygen atoms in total. The molecule has 0 aliphatic carbocycles. The maximum absolute atomic E-state index is 13.4. The number of aliphatic hydroxyl groups excluding tert-OH is 1. The number of alkyl halides is 3. The molecule has 2 heterocycles. The molecule has 174 valence electrons. The fourth-order valence-electron chi connectivity index (χ4n) is 3.85. The second-order valence-electron chi connectivity index (χ2n) is 7.81. The Hall–Kier alpha value is -2.85. The lowest BCUT2D eigenvalue weighted by molar-refractivity contribution is -0.137. The van der Waals surface area contributed by atoms with E-state index in [1.54, 1.807) is 36.1 Å². The molecule has 1 saturated heterocycles. The first-order valence-corrected chi connectivity index (χ1v) is 11.4. The molecule has 0 bridgehead atoms. The average Bonchev–Trinajstić information content (AvgIpc) is 3.23. The van der Waals surface area contributed by atoms with Crippen LogP contribution in [0.2, 0.25) is 0 Å². The zero-order valence-electron chi connectivity index (χ0n) is 17.7. The monoisotopic (exact) mass is 477 g/mol. The smallest absolute Gasteiger partial charge is 0.391 e. The SMILES string of the molecule is CCn1c(SC(C(=O)N2CC[C@H](O)C2)c2ccccc2)nc2ccc(C(F)(F)F)cc2c1=O. The summed E-state index contributed by atoms with van der Waals surface area (Å²) in [6.45, 7) is 2.53. The van der Waals surface area contributed by atoms with Gasteiger partial charge in [-0.1, -0.05) is 42.1 Å². The van der Waals surface area contributed by atoms with E-state index in [1.807, 2.05) is 6.07 Å². The molecule has 33 heavy (non-hydrogen) atoms. The predicted octanol–water partition coefficient (Wildman–Crippen LogP) is 3.86. The van der Waals surface area contributed by atoms with Crippen LogP contribution in [0, 0.1) is 0 Å². The Bertz CT molecular complexity index is 1230. The average molecular weight is 478 g/mol. The van der Waals surface area contributed by atoms with Crippen LogP contribution >= 0.6 is 11.8 Å². The number of halogens is 3. The Kier molecular flexibility index (Phi) is 6.49. The van der Waals surface area contributed by atoms with Crippen molar-refractivity contribution in [2.45, 2.75) is 42.6 Å². The van der Waals surface area contributed by atoms with Gasteiger partial charge < -0.3 is 10.0 Å². The number of thioether (sulfide) groups is 1. The third-order valence-corrected chi connectivity index (χ3v) is 6.82. The van der Waals surface area contributed by atoms with Crippen LogP contribution in [0.15, 0.2) is 58.5 Å². The van der Waals surface area contributed by atoms with E-state index >= 15 is 0 Å². The lowest BCUT2D eigenvalue weighted by atomic mass is 10.1. The van der Waals surface area contributed by atoms with E-state index in [-0.39, 0.29) is 35.1 Å². The van der Waals surface area contributed by atoms with Crippen LogP contribution in [-0.2, 0) is 17.5 Å². The van der Waals surface area contributed by atoms with Crippen LogP contribution in [0.5, 0.6) is 0 Å². The van der Waals surface area contributed by atoms with Crippen molar-refractivity contribution in [2.75, 3.05) is 13.1 Å². The summed E-state index contributed by atoms with van der Waals surface area (Å²) in [5.74, 6) is -0.216. The first-order valence-electron chi connectivity index (χ1n) is 10.5. The van der Waals surface area contributed by atoms with Crippen molar-refractivity contribution >= 4 is 28.6 Å². The molecule has 1 aliphatic rings. The van der Waals surface area contributed by atoms with Gasteiger partial charge in [-0.05, 0) is 37.1 Å². The van der Waals surface area contributed by atoms with Crippen LogP contribution in [-0.4, -0.2) is 44.7 Å². The van der Waals surface area contributed by atoms with Crippen LogP contribution < -0.4 is 5.56 Å². The summed E-state index contributed by atoms with van der Waals surface area (Å²) in [5.41, 5.74) is -0.664. The van der Waals surface area contributed by atoms with Gasteiger partial charge in [0.15, 0.2) is 5.16 Å². The van der Waals surface area contributed by atoms with Crippen LogP contribution in [0.25, 0.3) is 10.9 Å². The Morgan fingerprint density at radius 2 is 1.97 bits per heavy atom. The number of hydrogen-bond acceptors (Lipinski definition) is 5. The third-order valence-electron chi connectivity index (χ3n) is 5.59. The summed E-state index contributed by atoms with van der Waals surface area (Å²) in [6, 6.07) is 11.9. The lowest BCUT2D eigenvalue weighted by Crippen LogP contribution is -2.33. The Labute approximate surface area is 192 Å². The molecule has 1 N–H and O–H groups in total. The largest absolute Gasteiger partial charge is 0.416 e. The number of β-amino-alcohol motifs (C(OH)–C–C–N with tert-alkyl or cyclic N) is 1. The highest BCUT2D eigenvalue weighted by molar-refractivity contribution is 8.00. The number of hydrogen-bond donors (Lipinski definition) is 1. The standard InChI is InChI=1S/C23H22F3N3O3S/c1-2-29-20(31)17-12-15(23(24,25)26)8-9-18(17)27-22(29)33-19(14-6-4-3-5-7-14)21(32)28-11-10-16(30)13-28/h3-9,12,16,19,30H,2,10-11,13H2,1H3/t16-,19?/m0/s1. The Morgan fingerprint density at radius 3 is 2.58 bits per heavy atom. The number of benzene rings is 2. The minimum absolute atomic E-state index is 0.124. The number of carbonyl (C=O) groups is 1. The molecule has 1 amide bonds. The lowest BCUT2D eigenvalue weighted by Gasteiger charge is -2.24. The summed E-state index contributed by atoms with van der Waals surface area (Å²) in [5, 5.41) is 9.26. The van der Waals surface area contributed by atoms with Gasteiger partial charge in [0.2, 0.25) is 5.91 Å². The highest BCUT2D eigenvalue weighted by atomic mass is 32.2. The van der Waals surface area contributed by atoms with Crippen molar-refractivity contribution < 1.29 is 23.1 Å². The Morgan fingerprint density at radius 1 is 1.24 bits per heavy atom. The highest BCUT2D eigenvalue weighted by Gasteiger charge is 2.34. The maximum Gasteiger partial charge on any atom is 0.416 e. The van der Waals surface area contributed by atoms with Crippen molar-refractivity contribution in [1.82, 2.24) is 14.5 Å². The summed E-state index contributed by atoms with van der Waals surface area (Å²) in [4.78, 5) is 32.5. The minimum Gasteiger partial charge on any atom is -0.391 e. The zero-order chi connectivity index (χ0) is 23.8. The fraction of sp³-hybridized carbons (Fsp3) is 0.348. The normalized spacial score (nSPS) is 17.5. The molecule has 2 atom stereocenters. The van der Waals surface area contributed by atoms with Gasteiger partial charge in [0.1, 0.15) is 5.25 Å². The van der Waals surface area contributed by atoms with Crippen molar-refractivity contribution in [3.8, 4) is 0 Å². The number of fused-ring (bicyclic) bond motifs is 1. The van der Waals surface area contributed by atoms with E-state index in [9.17, 15) is 27.9 Å². The van der Waals surface area contributed by atoms with Gasteiger partial charge in [-0.2, -0.15) is 13.2 Å². The third kappa shape index (κ3) is 4.77. The van der Waals surface area contributed by atoms with Crippen molar-refractivity contribution in [1.29, 1.82) is 0 Å². The van der Waals surface area contributed by atoms with Gasteiger partial charge in [-0.3, -0.25) is 14.2 Å². The highest BCUT2D eigenvalue weighted by Crippen LogP contribution is 2.37. The van der Waals surface area contributed by atoms with Crippen molar-refractivity contribution in [3.63, 3.8) is 0 Å². The molecule has 3 aromatic rings.